The molecule has 5 nitrogen and oxygen atoms in total. The highest BCUT2D eigenvalue weighted by atomic mass is 16.5. The Kier molecular flexibility index (Phi) is 3.11. The van der Waals surface area contributed by atoms with Crippen LogP contribution in [0.3, 0.4) is 0 Å². The molecule has 0 atom stereocenters. The highest BCUT2D eigenvalue weighted by molar-refractivity contribution is 5.83. The Morgan fingerprint density at radius 3 is 2.71 bits per heavy atom. The fourth-order valence-electron chi connectivity index (χ4n) is 1.22. The van der Waals surface area contributed by atoms with Gasteiger partial charge in [-0.05, 0) is 20.8 Å². The lowest BCUT2D eigenvalue weighted by Gasteiger charge is -2.09. The van der Waals surface area contributed by atoms with Gasteiger partial charge in [0, 0.05) is 7.05 Å². The van der Waals surface area contributed by atoms with Crippen molar-refractivity contribution in [1.82, 2.24) is 9.78 Å². The van der Waals surface area contributed by atoms with Crippen molar-refractivity contribution in [2.45, 2.75) is 26.9 Å². The van der Waals surface area contributed by atoms with Crippen molar-refractivity contribution >= 4 is 6.21 Å². The number of hydrogen-bond donors (Lipinski definition) is 1. The molecule has 1 N–H and O–H groups in total. The second-order valence-corrected chi connectivity index (χ2v) is 3.34. The van der Waals surface area contributed by atoms with Gasteiger partial charge in [0.15, 0.2) is 0 Å². The van der Waals surface area contributed by atoms with E-state index >= 15 is 0 Å². The van der Waals surface area contributed by atoms with Crippen LogP contribution in [-0.2, 0) is 7.05 Å². The molecule has 0 aliphatic carbocycles. The summed E-state index contributed by atoms with van der Waals surface area (Å²) >= 11 is 0. The molecular weight excluding hydrogens is 182 g/mol. The molecule has 14 heavy (non-hydrogen) atoms. The van der Waals surface area contributed by atoms with Crippen molar-refractivity contribution in [3.05, 3.63) is 11.3 Å². The van der Waals surface area contributed by atoms with Gasteiger partial charge in [-0.2, -0.15) is 5.10 Å². The molecule has 0 saturated carbocycles. The molecule has 0 radical (unpaired) electrons. The van der Waals surface area contributed by atoms with Crippen molar-refractivity contribution in [2.75, 3.05) is 0 Å². The van der Waals surface area contributed by atoms with Gasteiger partial charge >= 0.3 is 0 Å². The van der Waals surface area contributed by atoms with Crippen LogP contribution in [0.4, 0.5) is 0 Å². The van der Waals surface area contributed by atoms with Gasteiger partial charge in [0.25, 0.3) is 0 Å². The minimum atomic E-state index is 0.0654. The Morgan fingerprint density at radius 2 is 2.21 bits per heavy atom. The molecule has 0 unspecified atom stereocenters. The molecule has 1 aromatic rings. The summed E-state index contributed by atoms with van der Waals surface area (Å²) in [5.74, 6) is 0.621. The van der Waals surface area contributed by atoms with Gasteiger partial charge in [-0.3, -0.25) is 0 Å². The van der Waals surface area contributed by atoms with Crippen LogP contribution in [0.2, 0.25) is 0 Å². The summed E-state index contributed by atoms with van der Waals surface area (Å²) in [6.07, 6.45) is 1.40. The van der Waals surface area contributed by atoms with E-state index in [4.69, 9.17) is 9.94 Å². The first-order valence-corrected chi connectivity index (χ1v) is 4.44. The lowest BCUT2D eigenvalue weighted by molar-refractivity contribution is 0.221. The van der Waals surface area contributed by atoms with E-state index in [1.165, 1.54) is 6.21 Å². The molecule has 0 fully saturated rings. The molecule has 1 heterocycles. The Labute approximate surface area is 83.0 Å². The largest absolute Gasteiger partial charge is 0.475 e. The standard InChI is InChI=1S/C9H15N3O2/c1-6(2)14-9-8(5-10-13)7(3)11-12(9)4/h5-6,13H,1-4H3/b10-5-. The molecule has 0 aliphatic rings. The number of ether oxygens (including phenoxy) is 1. The summed E-state index contributed by atoms with van der Waals surface area (Å²) in [5, 5.41) is 15.7. The number of oxime groups is 1. The third kappa shape index (κ3) is 2.04. The zero-order valence-electron chi connectivity index (χ0n) is 8.85. The zero-order chi connectivity index (χ0) is 10.7. The molecule has 1 rings (SSSR count). The van der Waals surface area contributed by atoms with Crippen molar-refractivity contribution < 1.29 is 9.94 Å². The Morgan fingerprint density at radius 1 is 1.57 bits per heavy atom. The van der Waals surface area contributed by atoms with E-state index in [0.29, 0.717) is 11.4 Å². The third-order valence-corrected chi connectivity index (χ3v) is 1.75. The predicted molar refractivity (Wildman–Crippen MR) is 53.1 cm³/mol. The molecule has 0 spiro atoms. The summed E-state index contributed by atoms with van der Waals surface area (Å²) < 4.78 is 7.18. The average molecular weight is 197 g/mol. The lowest BCUT2D eigenvalue weighted by atomic mass is 10.3. The lowest BCUT2D eigenvalue weighted by Crippen LogP contribution is -2.10. The summed E-state index contributed by atoms with van der Waals surface area (Å²) in [5.41, 5.74) is 1.49. The predicted octanol–water partition coefficient (Wildman–Crippen LogP) is 1.32. The van der Waals surface area contributed by atoms with E-state index in [-0.39, 0.29) is 6.10 Å². The monoisotopic (exact) mass is 197 g/mol. The summed E-state index contributed by atoms with van der Waals surface area (Å²) in [7, 11) is 1.79. The molecule has 1 aromatic heterocycles. The first-order valence-electron chi connectivity index (χ1n) is 4.44. The molecule has 0 aromatic carbocycles. The molecule has 0 aliphatic heterocycles. The minimum Gasteiger partial charge on any atom is -0.475 e. The van der Waals surface area contributed by atoms with Crippen molar-refractivity contribution in [3.63, 3.8) is 0 Å². The van der Waals surface area contributed by atoms with Gasteiger partial charge in [-0.25, -0.2) is 4.68 Å². The van der Waals surface area contributed by atoms with Crippen LogP contribution in [0.15, 0.2) is 5.16 Å². The second kappa shape index (κ2) is 4.13. The van der Waals surface area contributed by atoms with Gasteiger partial charge < -0.3 is 9.94 Å². The number of rotatable bonds is 3. The van der Waals surface area contributed by atoms with Crippen LogP contribution >= 0.6 is 0 Å². The quantitative estimate of drug-likeness (QED) is 0.451. The fraction of sp³-hybridized carbons (Fsp3) is 0.556. The summed E-state index contributed by atoms with van der Waals surface area (Å²) in [6.45, 7) is 5.70. The molecule has 0 saturated heterocycles. The van der Waals surface area contributed by atoms with Gasteiger partial charge in [0.1, 0.15) is 0 Å². The van der Waals surface area contributed by atoms with E-state index in [0.717, 1.165) is 5.69 Å². The van der Waals surface area contributed by atoms with Crippen LogP contribution in [-0.4, -0.2) is 27.3 Å². The minimum absolute atomic E-state index is 0.0654. The molecule has 0 bridgehead atoms. The highest BCUT2D eigenvalue weighted by Crippen LogP contribution is 2.20. The SMILES string of the molecule is Cc1nn(C)c(OC(C)C)c1/C=N\O. The van der Waals surface area contributed by atoms with E-state index in [2.05, 4.69) is 10.3 Å². The Balaban J connectivity index is 3.11. The molecule has 5 heteroatoms. The van der Waals surface area contributed by atoms with Crippen LogP contribution < -0.4 is 4.74 Å². The van der Waals surface area contributed by atoms with Crippen LogP contribution in [0.5, 0.6) is 5.88 Å². The van der Waals surface area contributed by atoms with Crippen LogP contribution in [0, 0.1) is 6.92 Å². The maximum atomic E-state index is 8.49. The molecule has 78 valence electrons. The average Bonchev–Trinajstić information content (AvgIpc) is 2.31. The zero-order valence-corrected chi connectivity index (χ0v) is 8.85. The van der Waals surface area contributed by atoms with E-state index in [1.54, 1.807) is 11.7 Å². The third-order valence-electron chi connectivity index (χ3n) is 1.75. The Hall–Kier alpha value is -1.52. The first kappa shape index (κ1) is 10.6. The highest BCUT2D eigenvalue weighted by Gasteiger charge is 2.13. The fourth-order valence-corrected chi connectivity index (χ4v) is 1.22. The topological polar surface area (TPSA) is 59.6 Å². The van der Waals surface area contributed by atoms with Crippen LogP contribution in [0.25, 0.3) is 0 Å². The van der Waals surface area contributed by atoms with Gasteiger partial charge in [-0.1, -0.05) is 5.16 Å². The van der Waals surface area contributed by atoms with Gasteiger partial charge in [-0.15, -0.1) is 0 Å². The molecule has 0 amide bonds. The maximum absolute atomic E-state index is 8.49. The van der Waals surface area contributed by atoms with Crippen molar-refractivity contribution in [3.8, 4) is 5.88 Å². The number of nitrogens with zero attached hydrogens (tertiary/aromatic N) is 3. The second-order valence-electron chi connectivity index (χ2n) is 3.34. The van der Waals surface area contributed by atoms with Crippen molar-refractivity contribution in [1.29, 1.82) is 0 Å². The normalized spacial score (nSPS) is 11.5. The van der Waals surface area contributed by atoms with E-state index in [1.807, 2.05) is 20.8 Å². The summed E-state index contributed by atoms with van der Waals surface area (Å²) in [6, 6.07) is 0. The van der Waals surface area contributed by atoms with E-state index < -0.39 is 0 Å². The number of hydrogen-bond acceptors (Lipinski definition) is 4. The number of aryl methyl sites for hydroxylation is 2. The van der Waals surface area contributed by atoms with Gasteiger partial charge in [0.05, 0.1) is 23.6 Å². The first-order chi connectivity index (χ1) is 6.56. The van der Waals surface area contributed by atoms with Crippen LogP contribution in [0.1, 0.15) is 25.1 Å². The molecular formula is C9H15N3O2. The maximum Gasteiger partial charge on any atom is 0.221 e. The summed E-state index contributed by atoms with van der Waals surface area (Å²) in [4.78, 5) is 0. The van der Waals surface area contributed by atoms with Gasteiger partial charge in [0.2, 0.25) is 5.88 Å². The Bertz CT molecular complexity index is 342. The van der Waals surface area contributed by atoms with E-state index in [9.17, 15) is 0 Å². The smallest absolute Gasteiger partial charge is 0.221 e. The number of aromatic nitrogens is 2. The van der Waals surface area contributed by atoms with Crippen molar-refractivity contribution in [2.24, 2.45) is 12.2 Å².